The third kappa shape index (κ3) is 4.23. The molecule has 126 valence electrons. The minimum Gasteiger partial charge on any atom is -0.323 e. The quantitative estimate of drug-likeness (QED) is 0.678. The number of anilines is 3. The van der Waals surface area contributed by atoms with Crippen molar-refractivity contribution < 1.29 is 9.18 Å². The molecule has 0 fully saturated rings. The van der Waals surface area contributed by atoms with Crippen LogP contribution in [-0.2, 0) is 0 Å². The van der Waals surface area contributed by atoms with Crippen LogP contribution in [0.2, 0.25) is 10.0 Å². The third-order valence-corrected chi connectivity index (χ3v) is 4.03. The van der Waals surface area contributed by atoms with E-state index in [2.05, 4.69) is 20.6 Å². The summed E-state index contributed by atoms with van der Waals surface area (Å²) in [6.45, 7) is 0. The van der Waals surface area contributed by atoms with Gasteiger partial charge in [-0.15, -0.1) is 0 Å². The average Bonchev–Trinajstić information content (AvgIpc) is 2.61. The van der Waals surface area contributed by atoms with Gasteiger partial charge in [-0.25, -0.2) is 14.4 Å². The van der Waals surface area contributed by atoms with Crippen LogP contribution >= 0.6 is 23.2 Å². The molecule has 0 bridgehead atoms. The first-order chi connectivity index (χ1) is 12.0. The smallest absolute Gasteiger partial charge is 0.258 e. The lowest BCUT2D eigenvalue weighted by Crippen LogP contribution is -2.13. The molecular formula is C17H11Cl2FN4O. The van der Waals surface area contributed by atoms with Gasteiger partial charge < -0.3 is 10.6 Å². The van der Waals surface area contributed by atoms with Crippen LogP contribution in [0.4, 0.5) is 21.7 Å². The number of carbonyl (C=O) groups is 1. The van der Waals surface area contributed by atoms with Gasteiger partial charge in [0.2, 0.25) is 5.95 Å². The molecule has 0 spiro atoms. The zero-order valence-corrected chi connectivity index (χ0v) is 14.1. The van der Waals surface area contributed by atoms with Crippen molar-refractivity contribution in [2.45, 2.75) is 0 Å². The summed E-state index contributed by atoms with van der Waals surface area (Å²) in [4.78, 5) is 20.3. The Balaban J connectivity index is 1.70. The maximum absolute atomic E-state index is 12.9. The van der Waals surface area contributed by atoms with E-state index in [0.29, 0.717) is 21.4 Å². The fourth-order valence-corrected chi connectivity index (χ4v) is 2.31. The lowest BCUT2D eigenvalue weighted by Gasteiger charge is -2.08. The lowest BCUT2D eigenvalue weighted by atomic mass is 10.2. The first-order valence-corrected chi connectivity index (χ1v) is 7.88. The largest absolute Gasteiger partial charge is 0.323 e. The van der Waals surface area contributed by atoms with Crippen molar-refractivity contribution in [3.05, 3.63) is 76.3 Å². The molecule has 25 heavy (non-hydrogen) atoms. The Bertz CT molecular complexity index is 902. The van der Waals surface area contributed by atoms with E-state index in [1.54, 1.807) is 18.2 Å². The molecule has 3 aromatic rings. The Morgan fingerprint density at radius 3 is 2.36 bits per heavy atom. The van der Waals surface area contributed by atoms with Crippen molar-refractivity contribution in [2.24, 2.45) is 0 Å². The van der Waals surface area contributed by atoms with Crippen LogP contribution in [-0.4, -0.2) is 15.9 Å². The molecule has 0 saturated carbocycles. The molecule has 0 aliphatic rings. The van der Waals surface area contributed by atoms with Crippen LogP contribution in [0, 0.1) is 5.82 Å². The number of hydrogen-bond acceptors (Lipinski definition) is 4. The van der Waals surface area contributed by atoms with Crippen LogP contribution in [0.25, 0.3) is 0 Å². The summed E-state index contributed by atoms with van der Waals surface area (Å²) in [5, 5.41) is 6.31. The van der Waals surface area contributed by atoms with Crippen molar-refractivity contribution in [3.8, 4) is 0 Å². The van der Waals surface area contributed by atoms with Gasteiger partial charge in [0.15, 0.2) is 0 Å². The Hall–Kier alpha value is -2.70. The molecule has 0 aliphatic heterocycles. The molecule has 3 rings (SSSR count). The standard InChI is InChI=1S/C17H11Cl2FN4O/c18-13-2-1-3-14(15(13)19)24-17-21-8-10(9-22-17)16(25)23-12-6-4-11(20)5-7-12/h1-9H,(H,23,25)(H,21,22,24). The Labute approximate surface area is 152 Å². The van der Waals surface area contributed by atoms with Crippen LogP contribution in [0.5, 0.6) is 0 Å². The molecule has 5 nitrogen and oxygen atoms in total. The highest BCUT2D eigenvalue weighted by molar-refractivity contribution is 6.43. The predicted molar refractivity (Wildman–Crippen MR) is 96.1 cm³/mol. The summed E-state index contributed by atoms with van der Waals surface area (Å²) in [5.74, 6) is -0.516. The summed E-state index contributed by atoms with van der Waals surface area (Å²) in [6.07, 6.45) is 2.74. The van der Waals surface area contributed by atoms with Gasteiger partial charge in [0.05, 0.1) is 21.3 Å². The summed E-state index contributed by atoms with van der Waals surface area (Å²) in [6, 6.07) is 10.6. The maximum atomic E-state index is 12.9. The van der Waals surface area contributed by atoms with E-state index in [-0.39, 0.29) is 17.3 Å². The zero-order chi connectivity index (χ0) is 17.8. The second-order valence-corrected chi connectivity index (χ2v) is 5.77. The topological polar surface area (TPSA) is 66.9 Å². The van der Waals surface area contributed by atoms with E-state index in [4.69, 9.17) is 23.2 Å². The highest BCUT2D eigenvalue weighted by Gasteiger charge is 2.09. The zero-order valence-electron chi connectivity index (χ0n) is 12.6. The third-order valence-electron chi connectivity index (χ3n) is 3.21. The van der Waals surface area contributed by atoms with E-state index < -0.39 is 5.91 Å². The highest BCUT2D eigenvalue weighted by Crippen LogP contribution is 2.30. The van der Waals surface area contributed by atoms with Gasteiger partial charge in [0.25, 0.3) is 5.91 Å². The van der Waals surface area contributed by atoms with Gasteiger partial charge in [0.1, 0.15) is 5.82 Å². The molecule has 0 saturated heterocycles. The molecule has 0 atom stereocenters. The Morgan fingerprint density at radius 2 is 1.68 bits per heavy atom. The molecule has 0 unspecified atom stereocenters. The number of amides is 1. The molecular weight excluding hydrogens is 366 g/mol. The number of nitrogens with one attached hydrogen (secondary N) is 2. The normalized spacial score (nSPS) is 10.4. The number of hydrogen-bond donors (Lipinski definition) is 2. The molecule has 1 heterocycles. The van der Waals surface area contributed by atoms with E-state index in [1.165, 1.54) is 36.7 Å². The molecule has 0 radical (unpaired) electrons. The second-order valence-electron chi connectivity index (χ2n) is 4.98. The molecule has 1 aromatic heterocycles. The number of halogens is 3. The minimum absolute atomic E-state index is 0.257. The molecule has 0 aliphatic carbocycles. The average molecular weight is 377 g/mol. The van der Waals surface area contributed by atoms with Gasteiger partial charge in [-0.3, -0.25) is 4.79 Å². The van der Waals surface area contributed by atoms with Crippen molar-refractivity contribution in [3.63, 3.8) is 0 Å². The fourth-order valence-electron chi connectivity index (χ4n) is 1.97. The summed E-state index contributed by atoms with van der Waals surface area (Å²) < 4.78 is 12.9. The number of aromatic nitrogens is 2. The monoisotopic (exact) mass is 376 g/mol. The lowest BCUT2D eigenvalue weighted by molar-refractivity contribution is 0.102. The molecule has 1 amide bonds. The van der Waals surface area contributed by atoms with Gasteiger partial charge in [-0.2, -0.15) is 0 Å². The van der Waals surface area contributed by atoms with Crippen LogP contribution in [0.1, 0.15) is 10.4 Å². The summed E-state index contributed by atoms with van der Waals surface area (Å²) in [7, 11) is 0. The highest BCUT2D eigenvalue weighted by atomic mass is 35.5. The molecule has 2 N–H and O–H groups in total. The molecule has 8 heteroatoms. The van der Waals surface area contributed by atoms with Crippen molar-refractivity contribution in [1.82, 2.24) is 9.97 Å². The van der Waals surface area contributed by atoms with Gasteiger partial charge in [-0.05, 0) is 36.4 Å². The number of carbonyl (C=O) groups excluding carboxylic acids is 1. The van der Waals surface area contributed by atoms with Crippen LogP contribution < -0.4 is 10.6 Å². The number of rotatable bonds is 4. The van der Waals surface area contributed by atoms with E-state index >= 15 is 0 Å². The fraction of sp³-hybridized carbons (Fsp3) is 0. The summed E-state index contributed by atoms with van der Waals surface area (Å²) in [5.41, 5.74) is 1.28. The van der Waals surface area contributed by atoms with Crippen molar-refractivity contribution in [2.75, 3.05) is 10.6 Å². The van der Waals surface area contributed by atoms with Gasteiger partial charge in [0, 0.05) is 18.1 Å². The Kier molecular flexibility index (Phi) is 5.11. The van der Waals surface area contributed by atoms with Crippen LogP contribution in [0.15, 0.2) is 54.9 Å². The summed E-state index contributed by atoms with van der Waals surface area (Å²) >= 11 is 12.0. The van der Waals surface area contributed by atoms with Crippen molar-refractivity contribution in [1.29, 1.82) is 0 Å². The van der Waals surface area contributed by atoms with Crippen molar-refractivity contribution >= 4 is 46.4 Å². The molecule has 2 aromatic carbocycles. The number of nitrogens with zero attached hydrogens (tertiary/aromatic N) is 2. The van der Waals surface area contributed by atoms with Gasteiger partial charge in [-0.1, -0.05) is 29.3 Å². The first-order valence-electron chi connectivity index (χ1n) is 7.13. The Morgan fingerprint density at radius 1 is 1.00 bits per heavy atom. The maximum Gasteiger partial charge on any atom is 0.258 e. The van der Waals surface area contributed by atoms with E-state index in [0.717, 1.165) is 0 Å². The predicted octanol–water partition coefficient (Wildman–Crippen LogP) is 4.92. The van der Waals surface area contributed by atoms with Gasteiger partial charge >= 0.3 is 0 Å². The van der Waals surface area contributed by atoms with Crippen LogP contribution in [0.3, 0.4) is 0 Å². The number of benzene rings is 2. The minimum atomic E-state index is -0.404. The van der Waals surface area contributed by atoms with E-state index in [1.807, 2.05) is 0 Å². The SMILES string of the molecule is O=C(Nc1ccc(F)cc1)c1cnc(Nc2cccc(Cl)c2Cl)nc1. The van der Waals surface area contributed by atoms with E-state index in [9.17, 15) is 9.18 Å². The first kappa shape index (κ1) is 17.1. The second kappa shape index (κ2) is 7.46.